The molecule has 49 heavy (non-hydrogen) atoms. The number of benzene rings is 5. The molecular weight excluding hydrogens is 589 g/mol. The van der Waals surface area contributed by atoms with Crippen LogP contribution in [0.25, 0.3) is 11.1 Å². The molecule has 7 rings (SSSR count). The van der Waals surface area contributed by atoms with E-state index in [0.717, 1.165) is 6.42 Å². The summed E-state index contributed by atoms with van der Waals surface area (Å²) < 4.78 is 0. The van der Waals surface area contributed by atoms with E-state index in [1.165, 1.54) is 66.8 Å². The molecule has 0 unspecified atom stereocenters. The number of fused-ring (bicyclic) bond motifs is 3. The van der Waals surface area contributed by atoms with E-state index in [4.69, 9.17) is 0 Å². The molecule has 0 aromatic heterocycles. The van der Waals surface area contributed by atoms with Gasteiger partial charge in [-0.25, -0.2) is 0 Å². The highest BCUT2D eigenvalue weighted by Gasteiger charge is 2.52. The molecule has 0 radical (unpaired) electrons. The van der Waals surface area contributed by atoms with Gasteiger partial charge in [-0.15, -0.1) is 0 Å². The van der Waals surface area contributed by atoms with Gasteiger partial charge in [0.05, 0.1) is 5.41 Å². The van der Waals surface area contributed by atoms with Crippen LogP contribution in [0.1, 0.15) is 114 Å². The third-order valence-electron chi connectivity index (χ3n) is 11.6. The van der Waals surface area contributed by atoms with Gasteiger partial charge < -0.3 is 0 Å². The lowest BCUT2D eigenvalue weighted by Crippen LogP contribution is -2.37. The minimum Gasteiger partial charge on any atom is -0.0647 e. The van der Waals surface area contributed by atoms with Crippen LogP contribution >= 0.6 is 0 Å². The highest BCUT2D eigenvalue weighted by Crippen LogP contribution is 2.62. The first-order valence-corrected chi connectivity index (χ1v) is 18.1. The quantitative estimate of drug-likeness (QED) is 0.173. The van der Waals surface area contributed by atoms with Gasteiger partial charge in [-0.1, -0.05) is 200 Å². The van der Waals surface area contributed by atoms with E-state index in [9.17, 15) is 0 Å². The second-order valence-corrected chi connectivity index (χ2v) is 17.1. The van der Waals surface area contributed by atoms with E-state index >= 15 is 0 Å². The van der Waals surface area contributed by atoms with Gasteiger partial charge in [0.2, 0.25) is 0 Å². The Morgan fingerprint density at radius 2 is 0.878 bits per heavy atom. The van der Waals surface area contributed by atoms with Gasteiger partial charge in [-0.2, -0.15) is 0 Å². The fourth-order valence-electron chi connectivity index (χ4n) is 8.64. The molecule has 248 valence electrons. The lowest BCUT2D eigenvalue weighted by atomic mass is 9.58. The predicted molar refractivity (Wildman–Crippen MR) is 210 cm³/mol. The van der Waals surface area contributed by atoms with Crippen molar-refractivity contribution in [3.8, 4) is 11.1 Å². The number of allylic oxidation sites excluding steroid dienone is 4. The van der Waals surface area contributed by atoms with Crippen molar-refractivity contribution in [1.29, 1.82) is 0 Å². The zero-order valence-corrected chi connectivity index (χ0v) is 31.0. The van der Waals surface area contributed by atoms with Gasteiger partial charge in [-0.3, -0.25) is 0 Å². The lowest BCUT2D eigenvalue weighted by molar-refractivity contribution is 0.539. The molecule has 0 atom stereocenters. The molecule has 0 nitrogen and oxygen atoms in total. The van der Waals surface area contributed by atoms with Gasteiger partial charge >= 0.3 is 0 Å². The van der Waals surface area contributed by atoms with Crippen LogP contribution in [0.4, 0.5) is 0 Å². The number of hydrogen-bond acceptors (Lipinski definition) is 0. The lowest BCUT2D eigenvalue weighted by Gasteiger charge is -2.43. The molecule has 0 heterocycles. The average molecular weight is 641 g/mol. The Hall–Kier alpha value is -4.42. The van der Waals surface area contributed by atoms with E-state index < -0.39 is 5.41 Å². The Kier molecular flexibility index (Phi) is 8.02. The fraction of sp³-hybridized carbons (Fsp3) is 0.306. The number of hydrogen-bond donors (Lipinski definition) is 0. The maximum Gasteiger partial charge on any atom is 0.0560 e. The van der Waals surface area contributed by atoms with Crippen molar-refractivity contribution >= 4 is 0 Å². The molecule has 0 N–H and O–H groups in total. The summed E-state index contributed by atoms with van der Waals surface area (Å²) in [6.45, 7) is 21.2. The highest BCUT2D eigenvalue weighted by atomic mass is 14.5. The normalized spacial score (nSPS) is 15.3. The molecule has 2 aliphatic rings. The Bertz CT molecular complexity index is 1950. The molecular formula is C49H52. The van der Waals surface area contributed by atoms with Crippen LogP contribution < -0.4 is 0 Å². The molecule has 0 saturated carbocycles. The van der Waals surface area contributed by atoms with Gasteiger partial charge in [0.1, 0.15) is 0 Å². The summed E-state index contributed by atoms with van der Waals surface area (Å²) in [5.74, 6) is 0.0886. The zero-order chi connectivity index (χ0) is 34.8. The summed E-state index contributed by atoms with van der Waals surface area (Å²) in [7, 11) is 0. The summed E-state index contributed by atoms with van der Waals surface area (Å²) in [5, 5.41) is 0. The molecule has 0 spiro atoms. The summed E-state index contributed by atoms with van der Waals surface area (Å²) in [5.41, 5.74) is 16.4. The summed E-state index contributed by atoms with van der Waals surface area (Å²) in [6.07, 6.45) is 3.57. The molecule has 0 amide bonds. The molecule has 0 fully saturated rings. The standard InChI is InChI=1S/C49H52/c1-33-29-39(48(8,9)34-19-13-10-14-20-34)32-44(33)49(35-21-15-11-16-22-35,36-23-17-12-18-24-36)45-40-27-25-37(46(2,3)4)30-42(40)43-31-38(47(5,6)7)26-28-41(43)45/h10-28,30-32,45H,29H2,1-9H3. The molecule has 2 aliphatic carbocycles. The molecule has 0 saturated heterocycles. The van der Waals surface area contributed by atoms with E-state index in [2.05, 4.69) is 196 Å². The first-order valence-electron chi connectivity index (χ1n) is 18.1. The van der Waals surface area contributed by atoms with E-state index in [0.29, 0.717) is 0 Å². The van der Waals surface area contributed by atoms with Crippen molar-refractivity contribution in [2.24, 2.45) is 0 Å². The highest BCUT2D eigenvalue weighted by molar-refractivity contribution is 5.83. The van der Waals surface area contributed by atoms with Crippen molar-refractivity contribution in [1.82, 2.24) is 0 Å². The topological polar surface area (TPSA) is 0 Å². The SMILES string of the molecule is CC1=C(C(c2ccccc2)(c2ccccc2)C2c3ccc(C(C)(C)C)cc3-c3cc(C(C)(C)C)ccc32)C=C(C(C)(C)c2ccccc2)C1. The molecule has 5 aromatic rings. The maximum absolute atomic E-state index is 2.60. The maximum atomic E-state index is 2.60. The summed E-state index contributed by atoms with van der Waals surface area (Å²) in [4.78, 5) is 0. The molecule has 0 aliphatic heterocycles. The Balaban J connectivity index is 1.58. The van der Waals surface area contributed by atoms with Gasteiger partial charge in [0.15, 0.2) is 0 Å². The first kappa shape index (κ1) is 33.1. The zero-order valence-electron chi connectivity index (χ0n) is 31.0. The largest absolute Gasteiger partial charge is 0.0647 e. The van der Waals surface area contributed by atoms with Crippen LogP contribution in [0, 0.1) is 0 Å². The minimum atomic E-state index is -0.451. The van der Waals surface area contributed by atoms with E-state index in [-0.39, 0.29) is 22.2 Å². The number of rotatable bonds is 6. The second-order valence-electron chi connectivity index (χ2n) is 17.1. The van der Waals surface area contributed by atoms with Crippen molar-refractivity contribution in [3.05, 3.63) is 189 Å². The molecule has 0 bridgehead atoms. The predicted octanol–water partition coefficient (Wildman–Crippen LogP) is 13.0. The monoisotopic (exact) mass is 640 g/mol. The van der Waals surface area contributed by atoms with Gasteiger partial charge in [0, 0.05) is 11.3 Å². The van der Waals surface area contributed by atoms with E-state index in [1.807, 2.05) is 0 Å². The Labute approximate surface area is 295 Å². The summed E-state index contributed by atoms with van der Waals surface area (Å²) >= 11 is 0. The Morgan fingerprint density at radius 1 is 0.469 bits per heavy atom. The van der Waals surface area contributed by atoms with Gasteiger partial charge in [-0.05, 0) is 79.8 Å². The van der Waals surface area contributed by atoms with Crippen molar-refractivity contribution in [2.75, 3.05) is 0 Å². The second kappa shape index (κ2) is 11.9. The smallest absolute Gasteiger partial charge is 0.0560 e. The average Bonchev–Trinajstić information content (AvgIpc) is 3.64. The molecule has 5 aromatic carbocycles. The van der Waals surface area contributed by atoms with Crippen molar-refractivity contribution < 1.29 is 0 Å². The van der Waals surface area contributed by atoms with Crippen LogP contribution in [-0.2, 0) is 21.7 Å². The van der Waals surface area contributed by atoms with Gasteiger partial charge in [0.25, 0.3) is 0 Å². The Morgan fingerprint density at radius 3 is 1.29 bits per heavy atom. The third kappa shape index (κ3) is 5.45. The molecule has 0 heteroatoms. The summed E-state index contributed by atoms with van der Waals surface area (Å²) in [6, 6.07) is 48.6. The van der Waals surface area contributed by atoms with Crippen LogP contribution in [0.5, 0.6) is 0 Å². The van der Waals surface area contributed by atoms with Crippen LogP contribution in [0.15, 0.2) is 150 Å². The third-order valence-corrected chi connectivity index (χ3v) is 11.6. The van der Waals surface area contributed by atoms with Crippen molar-refractivity contribution in [3.63, 3.8) is 0 Å². The van der Waals surface area contributed by atoms with Crippen LogP contribution in [0.2, 0.25) is 0 Å². The fourth-order valence-corrected chi connectivity index (χ4v) is 8.64. The van der Waals surface area contributed by atoms with Crippen LogP contribution in [-0.4, -0.2) is 0 Å². The van der Waals surface area contributed by atoms with Crippen LogP contribution in [0.3, 0.4) is 0 Å². The van der Waals surface area contributed by atoms with Crippen molar-refractivity contribution in [2.45, 2.75) is 96.3 Å². The van der Waals surface area contributed by atoms with E-state index in [1.54, 1.807) is 0 Å². The minimum absolute atomic E-state index is 0.0517. The first-order chi connectivity index (χ1) is 23.2.